The van der Waals surface area contributed by atoms with Crippen molar-refractivity contribution in [1.82, 2.24) is 15.2 Å². The fourth-order valence-corrected chi connectivity index (χ4v) is 2.10. The number of aromatic hydroxyl groups is 1. The molecule has 1 rings (SSSR count). The van der Waals surface area contributed by atoms with Crippen molar-refractivity contribution in [3.05, 3.63) is 23.0 Å². The molecule has 0 aliphatic heterocycles. The van der Waals surface area contributed by atoms with Crippen LogP contribution in [0, 0.1) is 6.92 Å². The second-order valence-corrected chi connectivity index (χ2v) is 5.81. The van der Waals surface area contributed by atoms with Crippen LogP contribution < -0.4 is 5.32 Å². The van der Waals surface area contributed by atoms with E-state index in [0.29, 0.717) is 23.8 Å². The Bertz CT molecular complexity index is 436. The number of aryl methyl sites for hydroxylation is 1. The number of pyridine rings is 1. The van der Waals surface area contributed by atoms with E-state index in [2.05, 4.69) is 36.1 Å². The van der Waals surface area contributed by atoms with Crippen molar-refractivity contribution < 1.29 is 10.2 Å². The fraction of sp³-hybridized carbons (Fsp3) is 0.688. The van der Waals surface area contributed by atoms with Crippen LogP contribution in [-0.2, 0) is 13.2 Å². The Morgan fingerprint density at radius 2 is 2.05 bits per heavy atom. The van der Waals surface area contributed by atoms with Crippen molar-refractivity contribution in [2.45, 2.75) is 52.8 Å². The molecule has 0 fully saturated rings. The molecule has 0 amide bonds. The first kappa shape index (κ1) is 17.9. The first-order valence-corrected chi connectivity index (χ1v) is 7.65. The number of hydrogen-bond donors (Lipinski definition) is 3. The molecule has 0 aliphatic rings. The number of aliphatic hydroxyl groups is 1. The van der Waals surface area contributed by atoms with Crippen LogP contribution >= 0.6 is 0 Å². The zero-order valence-corrected chi connectivity index (χ0v) is 13.7. The Labute approximate surface area is 128 Å². The molecule has 0 aromatic carbocycles. The Hall–Kier alpha value is -1.17. The van der Waals surface area contributed by atoms with Crippen LogP contribution in [0.15, 0.2) is 6.20 Å². The third kappa shape index (κ3) is 5.61. The highest BCUT2D eigenvalue weighted by Crippen LogP contribution is 2.23. The molecule has 0 unspecified atom stereocenters. The molecule has 0 saturated carbocycles. The lowest BCUT2D eigenvalue weighted by Crippen LogP contribution is -2.27. The van der Waals surface area contributed by atoms with Gasteiger partial charge in [0, 0.05) is 29.9 Å². The molecule has 0 radical (unpaired) electrons. The van der Waals surface area contributed by atoms with Gasteiger partial charge in [-0.05, 0) is 53.8 Å². The SMILES string of the molecule is Cc1ncc(CO)c(CNCCCCN(C)C(C)C)c1O. The molecule has 0 bridgehead atoms. The number of unbranched alkanes of at least 4 members (excludes halogenated alkanes) is 1. The summed E-state index contributed by atoms with van der Waals surface area (Å²) in [4.78, 5) is 6.40. The van der Waals surface area contributed by atoms with Gasteiger partial charge in [0.2, 0.25) is 0 Å². The quantitative estimate of drug-likeness (QED) is 0.606. The first-order valence-electron chi connectivity index (χ1n) is 7.65. The van der Waals surface area contributed by atoms with Crippen molar-refractivity contribution in [3.8, 4) is 5.75 Å². The van der Waals surface area contributed by atoms with Crippen LogP contribution in [0.3, 0.4) is 0 Å². The summed E-state index contributed by atoms with van der Waals surface area (Å²) in [6.45, 7) is 8.62. The fourth-order valence-electron chi connectivity index (χ4n) is 2.10. The largest absolute Gasteiger partial charge is 0.506 e. The number of nitrogens with zero attached hydrogens (tertiary/aromatic N) is 2. The number of aromatic nitrogens is 1. The minimum Gasteiger partial charge on any atom is -0.506 e. The van der Waals surface area contributed by atoms with Gasteiger partial charge in [0.1, 0.15) is 5.75 Å². The number of rotatable bonds is 9. The highest BCUT2D eigenvalue weighted by Gasteiger charge is 2.10. The first-order chi connectivity index (χ1) is 9.97. The van der Waals surface area contributed by atoms with Gasteiger partial charge in [-0.1, -0.05) is 0 Å². The molecule has 0 spiro atoms. The van der Waals surface area contributed by atoms with Crippen LogP contribution in [0.5, 0.6) is 5.75 Å². The number of hydrogen-bond acceptors (Lipinski definition) is 5. The Kier molecular flexibility index (Phi) is 7.64. The van der Waals surface area contributed by atoms with Crippen LogP contribution in [-0.4, -0.2) is 46.3 Å². The molecule has 120 valence electrons. The number of nitrogens with one attached hydrogen (secondary N) is 1. The maximum atomic E-state index is 10.0. The predicted molar refractivity (Wildman–Crippen MR) is 85.3 cm³/mol. The van der Waals surface area contributed by atoms with Gasteiger partial charge in [0.05, 0.1) is 12.3 Å². The van der Waals surface area contributed by atoms with Crippen molar-refractivity contribution in [3.63, 3.8) is 0 Å². The van der Waals surface area contributed by atoms with E-state index in [9.17, 15) is 10.2 Å². The smallest absolute Gasteiger partial charge is 0.141 e. The minimum absolute atomic E-state index is 0.100. The molecule has 0 saturated heterocycles. The second kappa shape index (κ2) is 8.97. The van der Waals surface area contributed by atoms with Crippen molar-refractivity contribution in [1.29, 1.82) is 0 Å². The van der Waals surface area contributed by atoms with Gasteiger partial charge in [-0.2, -0.15) is 0 Å². The normalized spacial score (nSPS) is 11.6. The molecule has 0 aliphatic carbocycles. The zero-order chi connectivity index (χ0) is 15.8. The standard InChI is InChI=1S/C16H29N3O2/c1-12(2)19(4)8-6-5-7-17-10-15-14(11-20)9-18-13(3)16(15)21/h9,12,17,20-21H,5-8,10-11H2,1-4H3. The average Bonchev–Trinajstić information content (AvgIpc) is 2.46. The van der Waals surface area contributed by atoms with E-state index in [1.165, 1.54) is 0 Å². The molecule has 1 aromatic rings. The summed E-state index contributed by atoms with van der Waals surface area (Å²) >= 11 is 0. The Balaban J connectivity index is 2.35. The summed E-state index contributed by atoms with van der Waals surface area (Å²) < 4.78 is 0. The van der Waals surface area contributed by atoms with E-state index in [4.69, 9.17) is 0 Å². The van der Waals surface area contributed by atoms with E-state index in [1.807, 2.05) is 0 Å². The van der Waals surface area contributed by atoms with Crippen molar-refractivity contribution in [2.24, 2.45) is 0 Å². The Morgan fingerprint density at radius 1 is 1.33 bits per heavy atom. The lowest BCUT2D eigenvalue weighted by atomic mass is 10.1. The monoisotopic (exact) mass is 295 g/mol. The Morgan fingerprint density at radius 3 is 2.67 bits per heavy atom. The van der Waals surface area contributed by atoms with Gasteiger partial charge in [0.25, 0.3) is 0 Å². The van der Waals surface area contributed by atoms with E-state index in [-0.39, 0.29) is 12.4 Å². The van der Waals surface area contributed by atoms with Gasteiger partial charge < -0.3 is 20.4 Å². The molecule has 1 aromatic heterocycles. The van der Waals surface area contributed by atoms with Gasteiger partial charge in [-0.3, -0.25) is 4.98 Å². The van der Waals surface area contributed by atoms with Gasteiger partial charge in [0.15, 0.2) is 0 Å². The van der Waals surface area contributed by atoms with Crippen LogP contribution in [0.2, 0.25) is 0 Å². The van der Waals surface area contributed by atoms with E-state index in [1.54, 1.807) is 13.1 Å². The van der Waals surface area contributed by atoms with Crippen LogP contribution in [0.4, 0.5) is 0 Å². The molecular weight excluding hydrogens is 266 g/mol. The molecule has 5 nitrogen and oxygen atoms in total. The lowest BCUT2D eigenvalue weighted by Gasteiger charge is -2.20. The summed E-state index contributed by atoms with van der Waals surface area (Å²) in [6.07, 6.45) is 3.87. The molecule has 21 heavy (non-hydrogen) atoms. The molecular formula is C16H29N3O2. The summed E-state index contributed by atoms with van der Waals surface area (Å²) in [6, 6.07) is 0.585. The maximum Gasteiger partial charge on any atom is 0.141 e. The van der Waals surface area contributed by atoms with Gasteiger partial charge in [-0.15, -0.1) is 0 Å². The third-order valence-electron chi connectivity index (χ3n) is 3.90. The summed E-state index contributed by atoms with van der Waals surface area (Å²) in [5.41, 5.74) is 2.04. The van der Waals surface area contributed by atoms with Gasteiger partial charge in [-0.25, -0.2) is 0 Å². The molecule has 0 atom stereocenters. The van der Waals surface area contributed by atoms with E-state index < -0.39 is 0 Å². The van der Waals surface area contributed by atoms with Crippen molar-refractivity contribution in [2.75, 3.05) is 20.1 Å². The van der Waals surface area contributed by atoms with Gasteiger partial charge >= 0.3 is 0 Å². The third-order valence-corrected chi connectivity index (χ3v) is 3.90. The summed E-state index contributed by atoms with van der Waals surface area (Å²) in [5, 5.41) is 22.7. The summed E-state index contributed by atoms with van der Waals surface area (Å²) in [5.74, 6) is 0.189. The summed E-state index contributed by atoms with van der Waals surface area (Å²) in [7, 11) is 2.14. The minimum atomic E-state index is -0.100. The second-order valence-electron chi connectivity index (χ2n) is 5.81. The van der Waals surface area contributed by atoms with Crippen LogP contribution in [0.25, 0.3) is 0 Å². The van der Waals surface area contributed by atoms with E-state index in [0.717, 1.165) is 31.5 Å². The lowest BCUT2D eigenvalue weighted by molar-refractivity contribution is 0.267. The molecule has 3 N–H and O–H groups in total. The highest BCUT2D eigenvalue weighted by atomic mass is 16.3. The molecule has 5 heteroatoms. The highest BCUT2D eigenvalue weighted by molar-refractivity contribution is 5.40. The van der Waals surface area contributed by atoms with Crippen LogP contribution in [0.1, 0.15) is 43.5 Å². The predicted octanol–water partition coefficient (Wildman–Crippen LogP) is 1.80. The molecule has 1 heterocycles. The topological polar surface area (TPSA) is 68.6 Å². The van der Waals surface area contributed by atoms with E-state index >= 15 is 0 Å². The average molecular weight is 295 g/mol. The zero-order valence-electron chi connectivity index (χ0n) is 13.7. The van der Waals surface area contributed by atoms with Crippen molar-refractivity contribution >= 4 is 0 Å². The maximum absolute atomic E-state index is 10.0. The number of aliphatic hydroxyl groups excluding tert-OH is 1.